The zero-order valence-electron chi connectivity index (χ0n) is 13.5. The molecule has 144 valence electrons. The summed E-state index contributed by atoms with van der Waals surface area (Å²) in [4.78, 5) is 23.2. The highest BCUT2D eigenvalue weighted by Crippen LogP contribution is 2.37. The molecule has 1 atom stereocenters. The van der Waals surface area contributed by atoms with Gasteiger partial charge in [0.2, 0.25) is 11.4 Å². The first-order valence-corrected chi connectivity index (χ1v) is 7.94. The number of carboxylic acid groups (broad SMARTS) is 1. The van der Waals surface area contributed by atoms with Crippen molar-refractivity contribution in [1.29, 1.82) is 0 Å². The van der Waals surface area contributed by atoms with E-state index in [0.29, 0.717) is 0 Å². The molecular formula is C17H11Cl2F3O5. The quantitative estimate of drug-likeness (QED) is 0.532. The number of carbonyl (C=O) groups excluding carboxylic acids is 1. The van der Waals surface area contributed by atoms with E-state index < -0.39 is 34.1 Å². The van der Waals surface area contributed by atoms with Gasteiger partial charge in [0.25, 0.3) is 0 Å². The molecule has 2 aromatic rings. The van der Waals surface area contributed by atoms with Crippen LogP contribution in [0.3, 0.4) is 0 Å². The standard InChI is InChI=1S/C17H11Cl2F3O5/c1-16(26,15(24)25)14(23)10-6-8(3-5-12(10)18)27-9-2-4-11(13(19)7-9)17(20,21)22/h2-7,26H,1H3,(H,24,25)/t16-/m1/s1. The Labute approximate surface area is 160 Å². The number of rotatable bonds is 5. The van der Waals surface area contributed by atoms with Crippen molar-refractivity contribution in [3.8, 4) is 11.5 Å². The lowest BCUT2D eigenvalue weighted by atomic mass is 9.95. The van der Waals surface area contributed by atoms with Gasteiger partial charge in [0, 0.05) is 11.6 Å². The second kappa shape index (κ2) is 7.38. The minimum atomic E-state index is -4.63. The molecule has 0 aromatic heterocycles. The minimum absolute atomic E-state index is 0.0280. The molecule has 0 spiro atoms. The Morgan fingerprint density at radius 2 is 1.56 bits per heavy atom. The van der Waals surface area contributed by atoms with Crippen molar-refractivity contribution in [1.82, 2.24) is 0 Å². The van der Waals surface area contributed by atoms with Gasteiger partial charge in [-0.3, -0.25) is 4.79 Å². The molecule has 5 nitrogen and oxygen atoms in total. The predicted octanol–water partition coefficient (Wildman–Crippen LogP) is 4.82. The average molecular weight is 423 g/mol. The van der Waals surface area contributed by atoms with Crippen LogP contribution in [-0.4, -0.2) is 27.6 Å². The molecule has 0 radical (unpaired) electrons. The predicted molar refractivity (Wildman–Crippen MR) is 90.6 cm³/mol. The van der Waals surface area contributed by atoms with Crippen LogP contribution in [0, 0.1) is 0 Å². The number of carbonyl (C=O) groups is 2. The summed E-state index contributed by atoms with van der Waals surface area (Å²) in [5.41, 5.74) is -4.10. The highest BCUT2D eigenvalue weighted by atomic mass is 35.5. The number of alkyl halides is 3. The second-order valence-corrected chi connectivity index (χ2v) is 6.40. The molecule has 10 heteroatoms. The van der Waals surface area contributed by atoms with Crippen LogP contribution in [0.2, 0.25) is 10.0 Å². The summed E-state index contributed by atoms with van der Waals surface area (Å²) < 4.78 is 43.5. The smallest absolute Gasteiger partial charge is 0.417 e. The molecule has 2 N–H and O–H groups in total. The lowest BCUT2D eigenvalue weighted by molar-refractivity contribution is -0.151. The van der Waals surface area contributed by atoms with Crippen LogP contribution in [0.1, 0.15) is 22.8 Å². The van der Waals surface area contributed by atoms with E-state index in [2.05, 4.69) is 0 Å². The zero-order valence-corrected chi connectivity index (χ0v) is 15.0. The van der Waals surface area contributed by atoms with E-state index in [1.165, 1.54) is 12.1 Å². The maximum absolute atomic E-state index is 12.7. The Hall–Kier alpha value is -2.29. The largest absolute Gasteiger partial charge is 0.479 e. The third kappa shape index (κ3) is 4.52. The van der Waals surface area contributed by atoms with Gasteiger partial charge >= 0.3 is 12.1 Å². The number of benzene rings is 2. The molecule has 2 rings (SSSR count). The van der Waals surface area contributed by atoms with E-state index in [9.17, 15) is 27.9 Å². The van der Waals surface area contributed by atoms with E-state index in [1.54, 1.807) is 0 Å². The fourth-order valence-electron chi connectivity index (χ4n) is 2.03. The van der Waals surface area contributed by atoms with Crippen molar-refractivity contribution in [2.75, 3.05) is 0 Å². The van der Waals surface area contributed by atoms with Crippen LogP contribution in [0.5, 0.6) is 11.5 Å². The summed E-state index contributed by atoms with van der Waals surface area (Å²) in [6.45, 7) is 0.789. The first-order chi connectivity index (χ1) is 12.3. The monoisotopic (exact) mass is 422 g/mol. The first-order valence-electron chi connectivity index (χ1n) is 7.18. The molecule has 0 unspecified atom stereocenters. The Morgan fingerprint density at radius 1 is 1.00 bits per heavy atom. The van der Waals surface area contributed by atoms with E-state index in [4.69, 9.17) is 33.0 Å². The van der Waals surface area contributed by atoms with Crippen LogP contribution < -0.4 is 4.74 Å². The SMILES string of the molecule is C[C@](O)(C(=O)O)C(=O)c1cc(Oc2ccc(C(F)(F)F)c(Cl)c2)ccc1Cl. The van der Waals surface area contributed by atoms with E-state index in [0.717, 1.165) is 31.2 Å². The van der Waals surface area contributed by atoms with Gasteiger partial charge in [-0.2, -0.15) is 13.2 Å². The Balaban J connectivity index is 2.36. The fourth-order valence-corrected chi connectivity index (χ4v) is 2.51. The molecule has 0 fully saturated rings. The molecule has 0 aliphatic rings. The van der Waals surface area contributed by atoms with Crippen LogP contribution in [-0.2, 0) is 11.0 Å². The summed E-state index contributed by atoms with van der Waals surface area (Å²) in [5.74, 6) is -3.04. The van der Waals surface area contributed by atoms with Crippen LogP contribution >= 0.6 is 23.2 Å². The van der Waals surface area contributed by atoms with Gasteiger partial charge in [-0.1, -0.05) is 23.2 Å². The fraction of sp³-hybridized carbons (Fsp3) is 0.176. The van der Waals surface area contributed by atoms with Crippen LogP contribution in [0.25, 0.3) is 0 Å². The number of aliphatic hydroxyl groups is 1. The highest BCUT2D eigenvalue weighted by Gasteiger charge is 2.40. The van der Waals surface area contributed by atoms with Crippen LogP contribution in [0.4, 0.5) is 13.2 Å². The zero-order chi connectivity index (χ0) is 20.6. The van der Waals surface area contributed by atoms with E-state index in [-0.39, 0.29) is 22.1 Å². The van der Waals surface area contributed by atoms with Gasteiger partial charge in [0.05, 0.1) is 15.6 Å². The van der Waals surface area contributed by atoms with E-state index in [1.807, 2.05) is 0 Å². The van der Waals surface area contributed by atoms with Gasteiger partial charge in [-0.15, -0.1) is 0 Å². The normalized spacial score (nSPS) is 13.7. The molecule has 0 saturated heterocycles. The maximum atomic E-state index is 12.7. The average Bonchev–Trinajstić information content (AvgIpc) is 2.54. The number of ether oxygens (including phenoxy) is 1. The maximum Gasteiger partial charge on any atom is 0.417 e. The van der Waals surface area contributed by atoms with Crippen molar-refractivity contribution in [3.63, 3.8) is 0 Å². The number of carboxylic acids is 1. The van der Waals surface area contributed by atoms with Crippen molar-refractivity contribution in [3.05, 3.63) is 57.6 Å². The lowest BCUT2D eigenvalue weighted by Crippen LogP contribution is -2.43. The van der Waals surface area contributed by atoms with E-state index >= 15 is 0 Å². The number of hydrogen-bond acceptors (Lipinski definition) is 4. The summed E-state index contributed by atoms with van der Waals surface area (Å²) in [6, 6.07) is 6.28. The number of halogens is 5. The van der Waals surface area contributed by atoms with Crippen molar-refractivity contribution >= 4 is 35.0 Å². The number of aliphatic carboxylic acids is 1. The van der Waals surface area contributed by atoms with Crippen LogP contribution in [0.15, 0.2) is 36.4 Å². The highest BCUT2D eigenvalue weighted by molar-refractivity contribution is 6.35. The number of Topliss-reactive ketones (excluding diaryl/α,β-unsaturated/α-hetero) is 1. The Bertz CT molecular complexity index is 910. The number of ketones is 1. The first kappa shape index (κ1) is 21.0. The van der Waals surface area contributed by atoms with Gasteiger partial charge in [0.1, 0.15) is 11.5 Å². The second-order valence-electron chi connectivity index (χ2n) is 5.59. The molecule has 0 aliphatic heterocycles. The molecule has 0 amide bonds. The molecule has 27 heavy (non-hydrogen) atoms. The molecular weight excluding hydrogens is 412 g/mol. The summed E-state index contributed by atoms with van der Waals surface area (Å²) in [5, 5.41) is 18.0. The van der Waals surface area contributed by atoms with Crippen molar-refractivity contribution in [2.24, 2.45) is 0 Å². The van der Waals surface area contributed by atoms with Gasteiger partial charge < -0.3 is 14.9 Å². The Kier molecular flexibility index (Phi) is 5.74. The Morgan fingerprint density at radius 3 is 2.07 bits per heavy atom. The summed E-state index contributed by atoms with van der Waals surface area (Å²) >= 11 is 11.5. The number of hydrogen-bond donors (Lipinski definition) is 2. The molecule has 2 aromatic carbocycles. The van der Waals surface area contributed by atoms with Gasteiger partial charge in [-0.05, 0) is 37.3 Å². The van der Waals surface area contributed by atoms with Crippen molar-refractivity contribution in [2.45, 2.75) is 18.7 Å². The lowest BCUT2D eigenvalue weighted by Gasteiger charge is -2.18. The van der Waals surface area contributed by atoms with Gasteiger partial charge in [0.15, 0.2) is 0 Å². The molecule has 0 bridgehead atoms. The molecule has 0 aliphatic carbocycles. The third-order valence-corrected chi connectivity index (χ3v) is 4.16. The van der Waals surface area contributed by atoms with Gasteiger partial charge in [-0.25, -0.2) is 4.79 Å². The molecule has 0 heterocycles. The van der Waals surface area contributed by atoms with Crippen molar-refractivity contribution < 1.29 is 37.7 Å². The third-order valence-electron chi connectivity index (χ3n) is 3.52. The summed E-state index contributed by atoms with van der Waals surface area (Å²) in [6.07, 6.45) is -4.63. The topological polar surface area (TPSA) is 83.8 Å². The summed E-state index contributed by atoms with van der Waals surface area (Å²) in [7, 11) is 0. The molecule has 0 saturated carbocycles. The minimum Gasteiger partial charge on any atom is -0.479 e.